The second kappa shape index (κ2) is 6.23. The van der Waals surface area contributed by atoms with Crippen LogP contribution in [0.25, 0.3) is 0 Å². The minimum absolute atomic E-state index is 0.00127. The largest absolute Gasteiger partial charge is 0.349 e. The van der Waals surface area contributed by atoms with Gasteiger partial charge in [-0.2, -0.15) is 0 Å². The average Bonchev–Trinajstić information content (AvgIpc) is 3.33. The van der Waals surface area contributed by atoms with Gasteiger partial charge in [-0.3, -0.25) is 9.10 Å². The molecule has 3 fully saturated rings. The fourth-order valence-electron chi connectivity index (χ4n) is 6.53. The van der Waals surface area contributed by atoms with Gasteiger partial charge in [0.25, 0.3) is 5.91 Å². The second-order valence-corrected chi connectivity index (χ2v) is 10.9. The molecule has 5 unspecified atom stereocenters. The Balaban J connectivity index is 1.33. The highest BCUT2D eigenvalue weighted by atomic mass is 32.2. The molecule has 4 aliphatic rings. The molecule has 1 N–H and O–H groups in total. The zero-order valence-electron chi connectivity index (χ0n) is 15.9. The molecule has 5 rings (SSSR count). The highest BCUT2D eigenvalue weighted by Gasteiger charge is 2.54. The molecule has 5 atom stereocenters. The van der Waals surface area contributed by atoms with E-state index < -0.39 is 10.0 Å². The van der Waals surface area contributed by atoms with E-state index in [4.69, 9.17) is 0 Å². The van der Waals surface area contributed by atoms with Crippen LogP contribution in [0.1, 0.15) is 54.4 Å². The molecule has 0 radical (unpaired) electrons. The normalized spacial score (nSPS) is 34.4. The summed E-state index contributed by atoms with van der Waals surface area (Å²) in [7, 11) is -3.27. The van der Waals surface area contributed by atoms with E-state index in [9.17, 15) is 13.2 Å². The first-order valence-electron chi connectivity index (χ1n) is 10.3. The number of sulfonamides is 1. The Bertz CT molecular complexity index is 881. The van der Waals surface area contributed by atoms with Crippen molar-refractivity contribution in [3.63, 3.8) is 0 Å². The van der Waals surface area contributed by atoms with Gasteiger partial charge in [-0.15, -0.1) is 0 Å². The third-order valence-corrected chi connectivity index (χ3v) is 8.74. The molecule has 5 nitrogen and oxygen atoms in total. The van der Waals surface area contributed by atoms with Gasteiger partial charge in [0, 0.05) is 18.2 Å². The van der Waals surface area contributed by atoms with Crippen molar-refractivity contribution in [3.05, 3.63) is 29.3 Å². The standard InChI is InChI=1S/C21H28N2O3S/c1-27(25,26)23-9-3-4-13-10-14(7-8-20(13)23)21(24)22-19-12-15-11-18(19)17-6-2-5-16(15)17/h7-8,10,15-19H,2-6,9,11-12H2,1H3,(H,22,24). The number of carbonyl (C=O) groups is 1. The van der Waals surface area contributed by atoms with Crippen LogP contribution in [-0.4, -0.2) is 33.2 Å². The van der Waals surface area contributed by atoms with Gasteiger partial charge in [-0.1, -0.05) is 6.42 Å². The maximum Gasteiger partial charge on any atom is 0.251 e. The Morgan fingerprint density at radius 2 is 1.93 bits per heavy atom. The third-order valence-electron chi connectivity index (χ3n) is 7.56. The summed E-state index contributed by atoms with van der Waals surface area (Å²) in [5, 5.41) is 3.32. The van der Waals surface area contributed by atoms with E-state index >= 15 is 0 Å². The van der Waals surface area contributed by atoms with Gasteiger partial charge in [0.05, 0.1) is 11.9 Å². The first-order valence-corrected chi connectivity index (χ1v) is 12.2. The minimum atomic E-state index is -3.27. The number of benzene rings is 1. The number of aryl methyl sites for hydroxylation is 1. The van der Waals surface area contributed by atoms with Crippen molar-refractivity contribution in [2.24, 2.45) is 23.7 Å². The van der Waals surface area contributed by atoms with Crippen LogP contribution in [0.3, 0.4) is 0 Å². The lowest BCUT2D eigenvalue weighted by Crippen LogP contribution is -2.42. The Morgan fingerprint density at radius 1 is 1.11 bits per heavy atom. The van der Waals surface area contributed by atoms with Crippen LogP contribution < -0.4 is 9.62 Å². The number of fused-ring (bicyclic) bond motifs is 6. The summed E-state index contributed by atoms with van der Waals surface area (Å²) in [6.07, 6.45) is 9.41. The van der Waals surface area contributed by atoms with E-state index in [0.717, 1.165) is 48.3 Å². The van der Waals surface area contributed by atoms with Crippen LogP contribution in [0.15, 0.2) is 18.2 Å². The quantitative estimate of drug-likeness (QED) is 0.866. The lowest BCUT2D eigenvalue weighted by Gasteiger charge is -2.32. The summed E-state index contributed by atoms with van der Waals surface area (Å²) in [6.45, 7) is 0.519. The van der Waals surface area contributed by atoms with Crippen molar-refractivity contribution in [3.8, 4) is 0 Å². The summed E-state index contributed by atoms with van der Waals surface area (Å²) in [4.78, 5) is 12.9. The zero-order valence-corrected chi connectivity index (χ0v) is 16.7. The lowest BCUT2D eigenvalue weighted by molar-refractivity contribution is 0.0901. The maximum absolute atomic E-state index is 12.9. The minimum Gasteiger partial charge on any atom is -0.349 e. The number of anilines is 1. The number of hydrogen-bond donors (Lipinski definition) is 1. The molecule has 3 aliphatic carbocycles. The van der Waals surface area contributed by atoms with Crippen LogP contribution in [0.5, 0.6) is 0 Å². The molecule has 3 saturated carbocycles. The van der Waals surface area contributed by atoms with Crippen LogP contribution in [0.2, 0.25) is 0 Å². The predicted molar refractivity (Wildman–Crippen MR) is 105 cm³/mol. The molecule has 146 valence electrons. The highest BCUT2D eigenvalue weighted by Crippen LogP contribution is 2.58. The third kappa shape index (κ3) is 2.87. The van der Waals surface area contributed by atoms with Crippen molar-refractivity contribution < 1.29 is 13.2 Å². The number of nitrogens with one attached hydrogen (secondary N) is 1. The first kappa shape index (κ1) is 17.5. The molecule has 1 aromatic carbocycles. The summed E-state index contributed by atoms with van der Waals surface area (Å²) in [6, 6.07) is 5.81. The fourth-order valence-corrected chi connectivity index (χ4v) is 7.53. The molecular weight excluding hydrogens is 360 g/mol. The molecular formula is C21H28N2O3S. The van der Waals surface area contributed by atoms with Gasteiger partial charge in [-0.05, 0) is 86.0 Å². The molecule has 0 saturated heterocycles. The molecule has 2 bridgehead atoms. The van der Waals surface area contributed by atoms with E-state index in [1.165, 1.54) is 36.2 Å². The number of rotatable bonds is 3. The first-order chi connectivity index (χ1) is 12.9. The van der Waals surface area contributed by atoms with Gasteiger partial charge in [0.2, 0.25) is 10.0 Å². The molecule has 0 aromatic heterocycles. The van der Waals surface area contributed by atoms with Crippen molar-refractivity contribution in [1.82, 2.24) is 5.32 Å². The van der Waals surface area contributed by atoms with Crippen molar-refractivity contribution in [2.75, 3.05) is 17.1 Å². The molecule has 27 heavy (non-hydrogen) atoms. The van der Waals surface area contributed by atoms with Gasteiger partial charge < -0.3 is 5.32 Å². The Morgan fingerprint density at radius 3 is 2.74 bits per heavy atom. The number of nitrogens with zero attached hydrogens (tertiary/aromatic N) is 1. The van der Waals surface area contributed by atoms with E-state index in [2.05, 4.69) is 5.32 Å². The Kier molecular flexibility index (Phi) is 4.04. The Hall–Kier alpha value is -1.56. The molecule has 1 amide bonds. The zero-order chi connectivity index (χ0) is 18.8. The van der Waals surface area contributed by atoms with Gasteiger partial charge in [0.1, 0.15) is 0 Å². The lowest BCUT2D eigenvalue weighted by atomic mass is 9.79. The second-order valence-electron chi connectivity index (χ2n) is 9.02. The molecule has 1 heterocycles. The van der Waals surface area contributed by atoms with Crippen LogP contribution in [-0.2, 0) is 16.4 Å². The topological polar surface area (TPSA) is 66.5 Å². The molecule has 1 aliphatic heterocycles. The summed E-state index contributed by atoms with van der Waals surface area (Å²) < 4.78 is 25.5. The molecule has 0 spiro atoms. The fraction of sp³-hybridized carbons (Fsp3) is 0.667. The van der Waals surface area contributed by atoms with Crippen molar-refractivity contribution in [2.45, 2.75) is 51.0 Å². The predicted octanol–water partition coefficient (Wildman–Crippen LogP) is 2.95. The monoisotopic (exact) mass is 388 g/mol. The molecule has 1 aromatic rings. The van der Waals surface area contributed by atoms with Crippen molar-refractivity contribution >= 4 is 21.6 Å². The summed E-state index contributed by atoms with van der Waals surface area (Å²) in [5.41, 5.74) is 2.35. The summed E-state index contributed by atoms with van der Waals surface area (Å²) in [5.74, 6) is 3.25. The van der Waals surface area contributed by atoms with E-state index in [-0.39, 0.29) is 5.91 Å². The van der Waals surface area contributed by atoms with Crippen LogP contribution in [0.4, 0.5) is 5.69 Å². The van der Waals surface area contributed by atoms with Gasteiger partial charge >= 0.3 is 0 Å². The van der Waals surface area contributed by atoms with Crippen LogP contribution in [0, 0.1) is 23.7 Å². The van der Waals surface area contributed by atoms with Gasteiger partial charge in [-0.25, -0.2) is 8.42 Å². The highest BCUT2D eigenvalue weighted by molar-refractivity contribution is 7.92. The van der Waals surface area contributed by atoms with Crippen LogP contribution >= 0.6 is 0 Å². The number of carbonyl (C=O) groups excluding carboxylic acids is 1. The summed E-state index contributed by atoms with van der Waals surface area (Å²) >= 11 is 0. The van der Waals surface area contributed by atoms with E-state index in [1.807, 2.05) is 6.07 Å². The number of amides is 1. The maximum atomic E-state index is 12.9. The Labute approximate surface area is 161 Å². The molecule has 6 heteroatoms. The van der Waals surface area contributed by atoms with Crippen molar-refractivity contribution in [1.29, 1.82) is 0 Å². The average molecular weight is 389 g/mol. The number of hydrogen-bond acceptors (Lipinski definition) is 3. The van der Waals surface area contributed by atoms with E-state index in [0.29, 0.717) is 24.1 Å². The van der Waals surface area contributed by atoms with Gasteiger partial charge in [0.15, 0.2) is 0 Å². The van der Waals surface area contributed by atoms with E-state index in [1.54, 1.807) is 12.1 Å². The smallest absolute Gasteiger partial charge is 0.251 e. The SMILES string of the molecule is CS(=O)(=O)N1CCCc2cc(C(=O)NC3CC4CC3C3CCCC43)ccc21.